The molecule has 2 unspecified atom stereocenters. The van der Waals surface area contributed by atoms with E-state index in [0.717, 1.165) is 44.9 Å². The van der Waals surface area contributed by atoms with Crippen LogP contribution >= 0.6 is 0 Å². The summed E-state index contributed by atoms with van der Waals surface area (Å²) in [6.07, 6.45) is 32.8. The number of aliphatic hydroxyl groups excluding tert-OH is 1. The number of rotatable bonds is 27. The Morgan fingerprint density at radius 2 is 1.13 bits per heavy atom. The summed E-state index contributed by atoms with van der Waals surface area (Å²) < 4.78 is 32.1. The van der Waals surface area contributed by atoms with E-state index < -0.39 is 28.0 Å². The Morgan fingerprint density at radius 1 is 0.692 bits per heavy atom. The van der Waals surface area contributed by atoms with Gasteiger partial charge in [-0.15, -0.1) is 0 Å². The van der Waals surface area contributed by atoms with Crippen molar-refractivity contribution in [3.63, 3.8) is 0 Å². The van der Waals surface area contributed by atoms with Gasteiger partial charge in [-0.05, 0) is 38.5 Å². The third kappa shape index (κ3) is 27.9. The summed E-state index contributed by atoms with van der Waals surface area (Å²) in [6, 6.07) is -1.07. The second-order valence-corrected chi connectivity index (χ2v) is 12.2. The minimum absolute atomic E-state index is 0.286. The third-order valence-electron chi connectivity index (χ3n) is 6.81. The molecule has 0 aliphatic heterocycles. The van der Waals surface area contributed by atoms with E-state index in [9.17, 15) is 22.9 Å². The number of aliphatic hydroxyl groups is 1. The van der Waals surface area contributed by atoms with E-state index in [1.807, 2.05) is 0 Å². The zero-order chi connectivity index (χ0) is 29.0. The molecule has 1 amide bonds. The molecule has 0 aliphatic carbocycles. The standard InChI is InChI=1S/C32H59NO5S/c1-3-5-7-9-11-13-15-16-17-18-20-22-24-26-28-32(35)33-30(29-39(36,37)38)31(34)27-25-23-21-19-14-12-10-8-6-4-2/h6,8,14,19,25,27,30-31,34H,3-5,7,9-13,15-18,20-24,26,28-29H2,1-2H3,(H,33,35)(H,36,37,38)/b8-6+,19-14+,27-25+. The van der Waals surface area contributed by atoms with Crippen molar-refractivity contribution in [2.24, 2.45) is 0 Å². The first-order valence-corrected chi connectivity index (χ1v) is 17.3. The second kappa shape index (κ2) is 26.8. The molecule has 0 aromatic rings. The maximum atomic E-state index is 12.4. The summed E-state index contributed by atoms with van der Waals surface area (Å²) >= 11 is 0. The molecule has 0 aliphatic rings. The van der Waals surface area contributed by atoms with Gasteiger partial charge in [0.25, 0.3) is 10.1 Å². The Kier molecular flexibility index (Phi) is 25.8. The van der Waals surface area contributed by atoms with E-state index in [1.165, 1.54) is 76.7 Å². The van der Waals surface area contributed by atoms with Crippen molar-refractivity contribution in [3.05, 3.63) is 36.5 Å². The first kappa shape index (κ1) is 37.6. The van der Waals surface area contributed by atoms with Gasteiger partial charge in [-0.1, -0.05) is 134 Å². The van der Waals surface area contributed by atoms with Crippen molar-refractivity contribution in [2.75, 3.05) is 5.75 Å². The highest BCUT2D eigenvalue weighted by atomic mass is 32.2. The third-order valence-corrected chi connectivity index (χ3v) is 7.59. The van der Waals surface area contributed by atoms with Crippen LogP contribution in [-0.4, -0.2) is 41.9 Å². The Bertz CT molecular complexity index is 761. The first-order chi connectivity index (χ1) is 18.8. The zero-order valence-corrected chi connectivity index (χ0v) is 25.8. The number of unbranched alkanes of at least 4 members (excludes halogenated alkanes) is 15. The van der Waals surface area contributed by atoms with Crippen LogP contribution in [-0.2, 0) is 14.9 Å². The van der Waals surface area contributed by atoms with Crippen LogP contribution in [0.15, 0.2) is 36.5 Å². The van der Waals surface area contributed by atoms with E-state index in [1.54, 1.807) is 6.08 Å². The van der Waals surface area contributed by atoms with E-state index in [-0.39, 0.29) is 12.3 Å². The molecule has 6 nitrogen and oxygen atoms in total. The largest absolute Gasteiger partial charge is 0.387 e. The quantitative estimate of drug-likeness (QED) is 0.0525. The molecule has 0 rings (SSSR count). The molecule has 3 N–H and O–H groups in total. The number of nitrogens with one attached hydrogen (secondary N) is 1. The molecule has 0 fully saturated rings. The molecule has 0 saturated carbocycles. The molecule has 0 aromatic heterocycles. The van der Waals surface area contributed by atoms with Gasteiger partial charge in [0, 0.05) is 6.42 Å². The van der Waals surface area contributed by atoms with Crippen molar-refractivity contribution in [3.8, 4) is 0 Å². The van der Waals surface area contributed by atoms with Gasteiger partial charge in [0.05, 0.1) is 17.9 Å². The molecule has 0 aromatic carbocycles. The molecule has 228 valence electrons. The molecule has 7 heteroatoms. The maximum Gasteiger partial charge on any atom is 0.267 e. The highest BCUT2D eigenvalue weighted by Crippen LogP contribution is 2.13. The number of amides is 1. The van der Waals surface area contributed by atoms with Gasteiger partial charge in [-0.25, -0.2) is 0 Å². The van der Waals surface area contributed by atoms with Crippen LogP contribution in [0.3, 0.4) is 0 Å². The number of carbonyl (C=O) groups is 1. The van der Waals surface area contributed by atoms with E-state index >= 15 is 0 Å². The molecule has 0 spiro atoms. The molecular formula is C32H59NO5S. The smallest absolute Gasteiger partial charge is 0.267 e. The first-order valence-electron chi connectivity index (χ1n) is 15.7. The summed E-state index contributed by atoms with van der Waals surface area (Å²) in [4.78, 5) is 12.4. The summed E-state index contributed by atoms with van der Waals surface area (Å²) in [6.45, 7) is 4.36. The minimum atomic E-state index is -4.34. The highest BCUT2D eigenvalue weighted by Gasteiger charge is 2.24. The van der Waals surface area contributed by atoms with E-state index in [4.69, 9.17) is 0 Å². The Labute approximate surface area is 240 Å². The second-order valence-electron chi connectivity index (χ2n) is 10.7. The van der Waals surface area contributed by atoms with Crippen molar-refractivity contribution in [1.82, 2.24) is 5.32 Å². The number of carbonyl (C=O) groups excluding carboxylic acids is 1. The van der Waals surface area contributed by atoms with Gasteiger partial charge in [0.15, 0.2) is 0 Å². The van der Waals surface area contributed by atoms with Gasteiger partial charge in [-0.3, -0.25) is 9.35 Å². The fourth-order valence-electron chi connectivity index (χ4n) is 4.49. The van der Waals surface area contributed by atoms with Gasteiger partial charge in [0.2, 0.25) is 5.91 Å². The van der Waals surface area contributed by atoms with Crippen molar-refractivity contribution in [1.29, 1.82) is 0 Å². The Balaban J connectivity index is 4.09. The monoisotopic (exact) mass is 569 g/mol. The average Bonchev–Trinajstić information content (AvgIpc) is 2.88. The summed E-state index contributed by atoms with van der Waals surface area (Å²) in [5.41, 5.74) is 0. The lowest BCUT2D eigenvalue weighted by Crippen LogP contribution is -2.46. The molecule has 2 atom stereocenters. The van der Waals surface area contributed by atoms with Gasteiger partial charge in [0.1, 0.15) is 0 Å². The van der Waals surface area contributed by atoms with Gasteiger partial charge in [-0.2, -0.15) is 8.42 Å². The fraction of sp³-hybridized carbons (Fsp3) is 0.781. The molecule has 0 heterocycles. The normalized spacial score (nSPS) is 14.1. The number of allylic oxidation sites excluding steroid dienone is 5. The zero-order valence-electron chi connectivity index (χ0n) is 25.0. The summed E-state index contributed by atoms with van der Waals surface area (Å²) in [5, 5.41) is 13.0. The SMILES string of the molecule is CC/C=C/CC/C=C/CC/C=C/C(O)C(CS(=O)(=O)O)NC(=O)CCCCCCCCCCCCCCCC. The Hall–Kier alpha value is -1.44. The molecule has 0 bridgehead atoms. The van der Waals surface area contributed by atoms with Crippen LogP contribution in [0.5, 0.6) is 0 Å². The highest BCUT2D eigenvalue weighted by molar-refractivity contribution is 7.85. The molecule has 0 radical (unpaired) electrons. The minimum Gasteiger partial charge on any atom is -0.387 e. The fourth-order valence-corrected chi connectivity index (χ4v) is 5.22. The maximum absolute atomic E-state index is 12.4. The van der Waals surface area contributed by atoms with Crippen LogP contribution in [0.25, 0.3) is 0 Å². The van der Waals surface area contributed by atoms with Crippen molar-refractivity contribution >= 4 is 16.0 Å². The summed E-state index contributed by atoms with van der Waals surface area (Å²) in [5.74, 6) is -1.01. The number of hydrogen-bond acceptors (Lipinski definition) is 4. The van der Waals surface area contributed by atoms with E-state index in [0.29, 0.717) is 6.42 Å². The lowest BCUT2D eigenvalue weighted by molar-refractivity contribution is -0.122. The van der Waals surface area contributed by atoms with Crippen LogP contribution < -0.4 is 5.32 Å². The van der Waals surface area contributed by atoms with E-state index in [2.05, 4.69) is 43.5 Å². The van der Waals surface area contributed by atoms with Crippen LogP contribution in [0.1, 0.15) is 142 Å². The van der Waals surface area contributed by atoms with Crippen molar-refractivity contribution in [2.45, 2.75) is 154 Å². The lowest BCUT2D eigenvalue weighted by atomic mass is 10.0. The predicted molar refractivity (Wildman–Crippen MR) is 165 cm³/mol. The molecular weight excluding hydrogens is 510 g/mol. The number of hydrogen-bond donors (Lipinski definition) is 3. The van der Waals surface area contributed by atoms with Crippen LogP contribution in [0.2, 0.25) is 0 Å². The van der Waals surface area contributed by atoms with Crippen LogP contribution in [0, 0.1) is 0 Å². The van der Waals surface area contributed by atoms with Gasteiger partial charge >= 0.3 is 0 Å². The summed E-state index contributed by atoms with van der Waals surface area (Å²) in [7, 11) is -4.34. The Morgan fingerprint density at radius 3 is 1.59 bits per heavy atom. The molecule has 39 heavy (non-hydrogen) atoms. The van der Waals surface area contributed by atoms with Crippen molar-refractivity contribution < 1.29 is 22.9 Å². The molecule has 0 saturated heterocycles. The van der Waals surface area contributed by atoms with Gasteiger partial charge < -0.3 is 10.4 Å². The lowest BCUT2D eigenvalue weighted by Gasteiger charge is -2.21. The van der Waals surface area contributed by atoms with Crippen LogP contribution in [0.4, 0.5) is 0 Å². The predicted octanol–water partition coefficient (Wildman–Crippen LogP) is 8.23. The topological polar surface area (TPSA) is 104 Å². The average molecular weight is 570 g/mol.